The summed E-state index contributed by atoms with van der Waals surface area (Å²) in [6, 6.07) is 2.03. The first-order valence-electron chi connectivity index (χ1n) is 4.16. The van der Waals surface area contributed by atoms with Gasteiger partial charge in [-0.05, 0) is 19.1 Å². The number of nitriles is 1. The standard InChI is InChI=1S/C8H11N5S/c1-3-10-8(14)12-7-6(4-9)5-11-13(7)2/h5H,3H2,1-2H3,(H2,10,12,14). The third kappa shape index (κ3) is 2.20. The van der Waals surface area contributed by atoms with E-state index in [2.05, 4.69) is 15.7 Å². The molecule has 0 aliphatic carbocycles. The number of rotatable bonds is 2. The largest absolute Gasteiger partial charge is 0.363 e. The Labute approximate surface area is 87.7 Å². The van der Waals surface area contributed by atoms with Crippen molar-refractivity contribution < 1.29 is 0 Å². The van der Waals surface area contributed by atoms with Gasteiger partial charge in [0.15, 0.2) is 5.11 Å². The molecule has 6 heteroatoms. The molecule has 0 aromatic carbocycles. The zero-order valence-electron chi connectivity index (χ0n) is 8.03. The van der Waals surface area contributed by atoms with Gasteiger partial charge >= 0.3 is 0 Å². The summed E-state index contributed by atoms with van der Waals surface area (Å²) in [6.07, 6.45) is 1.50. The monoisotopic (exact) mass is 209 g/mol. The zero-order chi connectivity index (χ0) is 10.6. The molecule has 0 aliphatic heterocycles. The lowest BCUT2D eigenvalue weighted by atomic mass is 10.3. The van der Waals surface area contributed by atoms with Crippen LogP contribution in [0.3, 0.4) is 0 Å². The number of thiocarbonyl (C=S) groups is 1. The molecular weight excluding hydrogens is 198 g/mol. The lowest BCUT2D eigenvalue weighted by molar-refractivity contribution is 0.776. The van der Waals surface area contributed by atoms with Crippen molar-refractivity contribution in [3.05, 3.63) is 11.8 Å². The summed E-state index contributed by atoms with van der Waals surface area (Å²) in [5.41, 5.74) is 0.479. The minimum absolute atomic E-state index is 0.479. The molecule has 0 radical (unpaired) electrons. The van der Waals surface area contributed by atoms with Gasteiger partial charge in [-0.3, -0.25) is 4.68 Å². The third-order valence-corrected chi connectivity index (χ3v) is 1.87. The maximum atomic E-state index is 8.77. The predicted molar refractivity (Wildman–Crippen MR) is 57.8 cm³/mol. The van der Waals surface area contributed by atoms with Gasteiger partial charge in [0.05, 0.1) is 6.20 Å². The van der Waals surface area contributed by atoms with Crippen LogP contribution in [0.4, 0.5) is 5.82 Å². The fourth-order valence-corrected chi connectivity index (χ4v) is 1.22. The number of nitrogens with zero attached hydrogens (tertiary/aromatic N) is 3. The zero-order valence-corrected chi connectivity index (χ0v) is 8.85. The molecule has 5 nitrogen and oxygen atoms in total. The SMILES string of the molecule is CCNC(=S)Nc1c(C#N)cnn1C. The normalized spacial score (nSPS) is 9.21. The lowest BCUT2D eigenvalue weighted by Crippen LogP contribution is -2.29. The van der Waals surface area contributed by atoms with Gasteiger partial charge in [0, 0.05) is 13.6 Å². The van der Waals surface area contributed by atoms with Gasteiger partial charge in [-0.2, -0.15) is 10.4 Å². The van der Waals surface area contributed by atoms with E-state index in [9.17, 15) is 0 Å². The first-order valence-corrected chi connectivity index (χ1v) is 4.56. The average Bonchev–Trinajstić information content (AvgIpc) is 2.48. The van der Waals surface area contributed by atoms with Gasteiger partial charge in [-0.15, -0.1) is 0 Å². The Morgan fingerprint density at radius 3 is 3.07 bits per heavy atom. The summed E-state index contributed by atoms with van der Waals surface area (Å²) >= 11 is 5.00. The quantitative estimate of drug-likeness (QED) is 0.698. The van der Waals surface area contributed by atoms with Crippen molar-refractivity contribution in [1.29, 1.82) is 5.26 Å². The molecule has 0 fully saturated rings. The van der Waals surface area contributed by atoms with E-state index in [0.29, 0.717) is 16.5 Å². The first-order chi connectivity index (χ1) is 6.69. The molecule has 74 valence electrons. The highest BCUT2D eigenvalue weighted by atomic mass is 32.1. The van der Waals surface area contributed by atoms with E-state index in [1.807, 2.05) is 13.0 Å². The summed E-state index contributed by atoms with van der Waals surface area (Å²) in [6.45, 7) is 2.69. The Hall–Kier alpha value is -1.61. The third-order valence-electron chi connectivity index (χ3n) is 1.63. The van der Waals surface area contributed by atoms with Crippen molar-refractivity contribution in [3.8, 4) is 6.07 Å². The Kier molecular flexibility index (Phi) is 3.42. The van der Waals surface area contributed by atoms with E-state index in [4.69, 9.17) is 17.5 Å². The number of hydrogen-bond donors (Lipinski definition) is 2. The molecule has 0 aliphatic rings. The van der Waals surface area contributed by atoms with E-state index < -0.39 is 0 Å². The number of aromatic nitrogens is 2. The van der Waals surface area contributed by atoms with Gasteiger partial charge in [0.25, 0.3) is 0 Å². The number of hydrogen-bond acceptors (Lipinski definition) is 3. The number of aryl methyl sites for hydroxylation is 1. The van der Waals surface area contributed by atoms with Crippen LogP contribution in [0.2, 0.25) is 0 Å². The predicted octanol–water partition coefficient (Wildman–Crippen LogP) is 0.598. The minimum atomic E-state index is 0.479. The molecule has 1 aromatic heterocycles. The molecule has 0 amide bonds. The first kappa shape index (κ1) is 10.5. The van der Waals surface area contributed by atoms with Crippen LogP contribution in [0, 0.1) is 11.3 Å². The highest BCUT2D eigenvalue weighted by molar-refractivity contribution is 7.80. The molecule has 1 aromatic rings. The minimum Gasteiger partial charge on any atom is -0.363 e. The van der Waals surface area contributed by atoms with E-state index in [1.54, 1.807) is 11.7 Å². The van der Waals surface area contributed by atoms with E-state index in [1.165, 1.54) is 6.20 Å². The van der Waals surface area contributed by atoms with Gasteiger partial charge in [-0.25, -0.2) is 0 Å². The fraction of sp³-hybridized carbons (Fsp3) is 0.375. The highest BCUT2D eigenvalue weighted by Crippen LogP contribution is 2.11. The second-order valence-electron chi connectivity index (χ2n) is 2.63. The molecule has 0 bridgehead atoms. The van der Waals surface area contributed by atoms with Crippen molar-refractivity contribution in [2.24, 2.45) is 7.05 Å². The fourth-order valence-electron chi connectivity index (χ4n) is 0.980. The summed E-state index contributed by atoms with van der Waals surface area (Å²) in [7, 11) is 1.75. The summed E-state index contributed by atoms with van der Waals surface area (Å²) < 4.78 is 1.57. The molecule has 0 saturated carbocycles. The van der Waals surface area contributed by atoms with Crippen LogP contribution in [0.1, 0.15) is 12.5 Å². The van der Waals surface area contributed by atoms with E-state index >= 15 is 0 Å². The number of nitrogens with one attached hydrogen (secondary N) is 2. The van der Waals surface area contributed by atoms with Crippen LogP contribution in [-0.4, -0.2) is 21.4 Å². The topological polar surface area (TPSA) is 65.7 Å². The lowest BCUT2D eigenvalue weighted by Gasteiger charge is -2.08. The molecular formula is C8H11N5S. The maximum Gasteiger partial charge on any atom is 0.171 e. The molecule has 0 unspecified atom stereocenters. The highest BCUT2D eigenvalue weighted by Gasteiger charge is 2.08. The van der Waals surface area contributed by atoms with Gasteiger partial charge in [0.2, 0.25) is 0 Å². The Morgan fingerprint density at radius 1 is 1.79 bits per heavy atom. The van der Waals surface area contributed by atoms with Crippen LogP contribution in [-0.2, 0) is 7.05 Å². The average molecular weight is 209 g/mol. The maximum absolute atomic E-state index is 8.77. The van der Waals surface area contributed by atoms with Crippen LogP contribution in [0.25, 0.3) is 0 Å². The van der Waals surface area contributed by atoms with Gasteiger partial charge in [-0.1, -0.05) is 0 Å². The second-order valence-corrected chi connectivity index (χ2v) is 3.03. The van der Waals surface area contributed by atoms with E-state index in [-0.39, 0.29) is 0 Å². The van der Waals surface area contributed by atoms with Gasteiger partial charge < -0.3 is 10.6 Å². The van der Waals surface area contributed by atoms with Crippen LogP contribution < -0.4 is 10.6 Å². The summed E-state index contributed by atoms with van der Waals surface area (Å²) in [4.78, 5) is 0. The van der Waals surface area contributed by atoms with Crippen molar-refractivity contribution in [1.82, 2.24) is 15.1 Å². The number of anilines is 1. The Bertz CT molecular complexity index is 376. The van der Waals surface area contributed by atoms with Crippen molar-refractivity contribution in [2.45, 2.75) is 6.92 Å². The Balaban J connectivity index is 2.80. The van der Waals surface area contributed by atoms with Crippen LogP contribution >= 0.6 is 12.2 Å². The molecule has 2 N–H and O–H groups in total. The summed E-state index contributed by atoms with van der Waals surface area (Å²) in [5, 5.41) is 19.0. The van der Waals surface area contributed by atoms with Gasteiger partial charge in [0.1, 0.15) is 17.5 Å². The van der Waals surface area contributed by atoms with Crippen LogP contribution in [0.15, 0.2) is 6.20 Å². The molecule has 14 heavy (non-hydrogen) atoms. The summed E-state index contributed by atoms with van der Waals surface area (Å²) in [5.74, 6) is 0.610. The molecule has 0 atom stereocenters. The second kappa shape index (κ2) is 4.58. The van der Waals surface area contributed by atoms with Crippen molar-refractivity contribution >= 4 is 23.1 Å². The van der Waals surface area contributed by atoms with Crippen LogP contribution in [0.5, 0.6) is 0 Å². The molecule has 1 heterocycles. The molecule has 0 saturated heterocycles. The smallest absolute Gasteiger partial charge is 0.171 e. The van der Waals surface area contributed by atoms with Crippen molar-refractivity contribution in [2.75, 3.05) is 11.9 Å². The Morgan fingerprint density at radius 2 is 2.50 bits per heavy atom. The molecule has 1 rings (SSSR count). The van der Waals surface area contributed by atoms with Crippen molar-refractivity contribution in [3.63, 3.8) is 0 Å². The van der Waals surface area contributed by atoms with E-state index in [0.717, 1.165) is 6.54 Å². The molecule has 0 spiro atoms.